The predicted octanol–water partition coefficient (Wildman–Crippen LogP) is 2.92. The van der Waals surface area contributed by atoms with Crippen molar-refractivity contribution in [1.82, 2.24) is 10.3 Å². The summed E-state index contributed by atoms with van der Waals surface area (Å²) in [4.78, 5) is 15.7. The summed E-state index contributed by atoms with van der Waals surface area (Å²) in [5.74, 6) is 0.948. The van der Waals surface area contributed by atoms with Gasteiger partial charge in [0.2, 0.25) is 0 Å². The zero-order valence-corrected chi connectivity index (χ0v) is 18.2. The Morgan fingerprint density at radius 1 is 1.13 bits per heavy atom. The van der Waals surface area contributed by atoms with Gasteiger partial charge in [0.05, 0.1) is 19.8 Å². The number of amides is 1. The second-order valence-corrected chi connectivity index (χ2v) is 7.79. The summed E-state index contributed by atoms with van der Waals surface area (Å²) in [5, 5.41) is 2.71. The number of alkyl carbamates (subject to hydrolysis) is 1. The Balaban J connectivity index is 1.55. The van der Waals surface area contributed by atoms with Gasteiger partial charge >= 0.3 is 6.09 Å². The minimum Gasteiger partial charge on any atom is -0.486 e. The summed E-state index contributed by atoms with van der Waals surface area (Å²) in [6.07, 6.45) is 4.19. The topological polar surface area (TPSA) is 97.4 Å². The van der Waals surface area contributed by atoms with Gasteiger partial charge in [0.15, 0.2) is 12.0 Å². The van der Waals surface area contributed by atoms with Gasteiger partial charge in [0.1, 0.15) is 19.8 Å². The van der Waals surface area contributed by atoms with Gasteiger partial charge in [-0.05, 0) is 52.2 Å². The first-order valence-electron chi connectivity index (χ1n) is 10.4. The van der Waals surface area contributed by atoms with Gasteiger partial charge in [-0.1, -0.05) is 0 Å². The Morgan fingerprint density at radius 3 is 2.70 bits per heavy atom. The summed E-state index contributed by atoms with van der Waals surface area (Å²) in [6.45, 7) is 8.32. The maximum Gasteiger partial charge on any atom is 0.407 e. The smallest absolute Gasteiger partial charge is 0.407 e. The van der Waals surface area contributed by atoms with E-state index in [1.165, 1.54) is 0 Å². The van der Waals surface area contributed by atoms with E-state index in [2.05, 4.69) is 10.3 Å². The van der Waals surface area contributed by atoms with Gasteiger partial charge in [-0.15, -0.1) is 0 Å². The lowest BCUT2D eigenvalue weighted by Gasteiger charge is -2.22. The van der Waals surface area contributed by atoms with Crippen molar-refractivity contribution in [3.8, 4) is 11.6 Å². The lowest BCUT2D eigenvalue weighted by molar-refractivity contribution is -0.165. The molecule has 1 aromatic heterocycles. The minimum absolute atomic E-state index is 0.132. The van der Waals surface area contributed by atoms with E-state index in [0.717, 1.165) is 25.9 Å². The van der Waals surface area contributed by atoms with Crippen LogP contribution in [0.5, 0.6) is 11.6 Å². The van der Waals surface area contributed by atoms with Crippen molar-refractivity contribution in [1.29, 1.82) is 0 Å². The quantitative estimate of drug-likeness (QED) is 0.510. The zero-order chi connectivity index (χ0) is 21.7. The number of rotatable bonds is 12. The Labute approximate surface area is 178 Å². The van der Waals surface area contributed by atoms with Crippen LogP contribution in [0.4, 0.5) is 4.79 Å². The number of ether oxygens (including phenoxy) is 6. The van der Waals surface area contributed by atoms with Gasteiger partial charge in [-0.3, -0.25) is 0 Å². The molecule has 0 bridgehead atoms. The molecule has 1 saturated heterocycles. The van der Waals surface area contributed by atoms with Crippen molar-refractivity contribution in [2.45, 2.75) is 51.9 Å². The molecule has 0 spiro atoms. The van der Waals surface area contributed by atoms with Crippen molar-refractivity contribution < 1.29 is 33.2 Å². The van der Waals surface area contributed by atoms with Crippen LogP contribution in [0, 0.1) is 0 Å². The highest BCUT2D eigenvalue weighted by Crippen LogP contribution is 2.23. The van der Waals surface area contributed by atoms with E-state index in [4.69, 9.17) is 28.4 Å². The van der Waals surface area contributed by atoms with E-state index < -0.39 is 6.09 Å². The van der Waals surface area contributed by atoms with Crippen LogP contribution >= 0.6 is 0 Å². The van der Waals surface area contributed by atoms with Crippen molar-refractivity contribution in [3.63, 3.8) is 0 Å². The van der Waals surface area contributed by atoms with Crippen molar-refractivity contribution in [3.05, 3.63) is 18.3 Å². The van der Waals surface area contributed by atoms with Crippen LogP contribution in [-0.4, -0.2) is 69.2 Å². The highest BCUT2D eigenvalue weighted by Gasteiger charge is 2.15. The summed E-state index contributed by atoms with van der Waals surface area (Å²) in [5.41, 5.74) is -0.329. The van der Waals surface area contributed by atoms with Crippen LogP contribution in [0.1, 0.15) is 40.0 Å². The molecule has 2 heterocycles. The van der Waals surface area contributed by atoms with Gasteiger partial charge in [0, 0.05) is 18.3 Å². The molecule has 1 aromatic rings. The number of nitrogens with one attached hydrogen (secondary N) is 1. The molecule has 9 nitrogen and oxygen atoms in total. The van der Waals surface area contributed by atoms with Crippen LogP contribution in [0.25, 0.3) is 0 Å². The van der Waals surface area contributed by atoms with Crippen LogP contribution < -0.4 is 14.8 Å². The molecule has 30 heavy (non-hydrogen) atoms. The average Bonchev–Trinajstić information content (AvgIpc) is 2.71. The van der Waals surface area contributed by atoms with Crippen LogP contribution in [-0.2, 0) is 18.9 Å². The molecule has 0 saturated carbocycles. The highest BCUT2D eigenvalue weighted by molar-refractivity contribution is 5.67. The van der Waals surface area contributed by atoms with E-state index >= 15 is 0 Å². The number of carbonyl (C=O) groups excluding carboxylic acids is 1. The van der Waals surface area contributed by atoms with Crippen molar-refractivity contribution in [2.24, 2.45) is 0 Å². The first kappa shape index (κ1) is 24.2. The first-order chi connectivity index (χ1) is 14.4. The maximum atomic E-state index is 11.5. The van der Waals surface area contributed by atoms with Gasteiger partial charge < -0.3 is 33.7 Å². The molecule has 1 aliphatic rings. The number of hydrogen-bond donors (Lipinski definition) is 1. The molecule has 1 atom stereocenters. The Kier molecular flexibility index (Phi) is 10.7. The summed E-state index contributed by atoms with van der Waals surface area (Å²) in [6, 6.07) is 3.58. The second-order valence-electron chi connectivity index (χ2n) is 7.79. The van der Waals surface area contributed by atoms with E-state index in [1.54, 1.807) is 18.3 Å². The Bertz CT molecular complexity index is 616. The fourth-order valence-corrected chi connectivity index (χ4v) is 2.60. The molecular formula is C21H34N2O7. The van der Waals surface area contributed by atoms with E-state index in [-0.39, 0.29) is 25.0 Å². The number of pyridine rings is 1. The molecule has 0 aromatic carbocycles. The molecule has 0 radical (unpaired) electrons. The van der Waals surface area contributed by atoms with Crippen LogP contribution in [0.2, 0.25) is 0 Å². The molecule has 170 valence electrons. The number of hydrogen-bond acceptors (Lipinski definition) is 8. The molecule has 2 rings (SSSR count). The summed E-state index contributed by atoms with van der Waals surface area (Å²) in [7, 11) is 0. The molecule has 0 aliphatic carbocycles. The lowest BCUT2D eigenvalue weighted by Crippen LogP contribution is -2.41. The second kappa shape index (κ2) is 13.3. The van der Waals surface area contributed by atoms with E-state index in [1.807, 2.05) is 20.8 Å². The fourth-order valence-electron chi connectivity index (χ4n) is 2.60. The van der Waals surface area contributed by atoms with Crippen molar-refractivity contribution >= 4 is 6.09 Å². The molecule has 9 heteroatoms. The van der Waals surface area contributed by atoms with Gasteiger partial charge in [-0.25, -0.2) is 9.78 Å². The minimum atomic E-state index is -0.461. The fraction of sp³-hybridized carbons (Fsp3) is 0.714. The monoisotopic (exact) mass is 426 g/mol. The normalized spacial score (nSPS) is 16.7. The number of carbonyl (C=O) groups is 1. The van der Waals surface area contributed by atoms with Gasteiger partial charge in [0.25, 0.3) is 5.88 Å². The molecule has 1 N–H and O–H groups in total. The van der Waals surface area contributed by atoms with Crippen LogP contribution in [0.3, 0.4) is 0 Å². The third-order valence-electron chi connectivity index (χ3n) is 3.92. The Morgan fingerprint density at radius 2 is 1.93 bits per heavy atom. The third kappa shape index (κ3) is 10.6. The maximum absolute atomic E-state index is 11.5. The van der Waals surface area contributed by atoms with E-state index in [0.29, 0.717) is 38.1 Å². The van der Waals surface area contributed by atoms with Gasteiger partial charge in [-0.2, -0.15) is 0 Å². The lowest BCUT2D eigenvalue weighted by atomic mass is 10.1. The molecule has 1 amide bonds. The molecule has 1 aliphatic heterocycles. The average molecular weight is 427 g/mol. The van der Waals surface area contributed by atoms with Crippen molar-refractivity contribution in [2.75, 3.05) is 46.2 Å². The molecule has 1 fully saturated rings. The SMILES string of the molecule is CC(C)(C)NC(=O)OCCOCCOc1ncccc1OCCOC1CCCCO1. The third-order valence-corrected chi connectivity index (χ3v) is 3.92. The van der Waals surface area contributed by atoms with E-state index in [9.17, 15) is 4.79 Å². The first-order valence-corrected chi connectivity index (χ1v) is 10.4. The predicted molar refractivity (Wildman–Crippen MR) is 110 cm³/mol. The van der Waals surface area contributed by atoms with Crippen LogP contribution in [0.15, 0.2) is 18.3 Å². The number of nitrogens with zero attached hydrogens (tertiary/aromatic N) is 1. The highest BCUT2D eigenvalue weighted by atomic mass is 16.7. The Hall–Kier alpha value is -2.10. The molecular weight excluding hydrogens is 392 g/mol. The summed E-state index contributed by atoms with van der Waals surface area (Å²) < 4.78 is 33.0. The zero-order valence-electron chi connectivity index (χ0n) is 18.2. The summed E-state index contributed by atoms with van der Waals surface area (Å²) >= 11 is 0. The standard InChI is InChI=1S/C21H34N2O7/c1-21(2,3)23-20(24)30-14-12-25-11-13-29-19-17(7-6-9-22-19)26-15-16-28-18-8-4-5-10-27-18/h6-7,9,18H,4-5,8,10-16H2,1-3H3,(H,23,24). The molecule has 1 unspecified atom stereocenters. The number of aromatic nitrogens is 1. The largest absolute Gasteiger partial charge is 0.486 e.